The lowest BCUT2D eigenvalue weighted by Crippen LogP contribution is -2.52. The zero-order valence-corrected chi connectivity index (χ0v) is 16.6. The molecule has 2 amide bonds. The van der Waals surface area contributed by atoms with Gasteiger partial charge in [-0.3, -0.25) is 9.52 Å². The van der Waals surface area contributed by atoms with Crippen LogP contribution in [0, 0.1) is 17.6 Å². The molecule has 0 aromatic heterocycles. The molecule has 27 heavy (non-hydrogen) atoms. The predicted molar refractivity (Wildman–Crippen MR) is 95.2 cm³/mol. The molecular formula is C17H24F2N2O5S. The third kappa shape index (κ3) is 6.46. The summed E-state index contributed by atoms with van der Waals surface area (Å²) < 4.78 is 58.5. The average molecular weight is 406 g/mol. The van der Waals surface area contributed by atoms with Gasteiger partial charge in [-0.15, -0.1) is 0 Å². The van der Waals surface area contributed by atoms with Crippen LogP contribution < -0.4 is 10.0 Å². The van der Waals surface area contributed by atoms with Gasteiger partial charge in [-0.25, -0.2) is 22.0 Å². The van der Waals surface area contributed by atoms with E-state index in [9.17, 15) is 26.8 Å². The highest BCUT2D eigenvalue weighted by atomic mass is 32.2. The average Bonchev–Trinajstić information content (AvgIpc) is 2.50. The van der Waals surface area contributed by atoms with E-state index >= 15 is 0 Å². The summed E-state index contributed by atoms with van der Waals surface area (Å²) in [6, 6.07) is 1.30. The second-order valence-corrected chi connectivity index (χ2v) is 8.64. The molecular weight excluding hydrogens is 382 g/mol. The number of halogens is 2. The SMILES string of the molecule is CC(C)OC(=O)N[C@H](C(=O)NS(=O)(=O)C(C)c1ccc(F)cc1F)C(C)C. The molecule has 1 rings (SSSR count). The highest BCUT2D eigenvalue weighted by Gasteiger charge is 2.32. The van der Waals surface area contributed by atoms with Gasteiger partial charge in [-0.05, 0) is 32.8 Å². The van der Waals surface area contributed by atoms with Crippen molar-refractivity contribution in [1.82, 2.24) is 10.0 Å². The fourth-order valence-electron chi connectivity index (χ4n) is 2.20. The number of nitrogens with one attached hydrogen (secondary N) is 2. The molecule has 0 saturated heterocycles. The second kappa shape index (κ2) is 9.12. The molecule has 0 saturated carbocycles. The Morgan fingerprint density at radius 1 is 1.07 bits per heavy atom. The number of sulfonamides is 1. The lowest BCUT2D eigenvalue weighted by atomic mass is 10.0. The summed E-state index contributed by atoms with van der Waals surface area (Å²) in [7, 11) is -4.34. The summed E-state index contributed by atoms with van der Waals surface area (Å²) in [5.41, 5.74) is -0.287. The third-order valence-corrected chi connectivity index (χ3v) is 5.34. The fraction of sp³-hybridized carbons (Fsp3) is 0.529. The molecule has 1 aromatic carbocycles. The molecule has 2 atom stereocenters. The first-order chi connectivity index (χ1) is 12.3. The fourth-order valence-corrected chi connectivity index (χ4v) is 3.31. The number of ether oxygens (including phenoxy) is 1. The number of amides is 2. The first-order valence-electron chi connectivity index (χ1n) is 8.32. The number of alkyl carbamates (subject to hydrolysis) is 1. The van der Waals surface area contributed by atoms with Crippen LogP contribution in [0.2, 0.25) is 0 Å². The van der Waals surface area contributed by atoms with Gasteiger partial charge in [0.05, 0.1) is 6.10 Å². The van der Waals surface area contributed by atoms with Crippen LogP contribution in [0.1, 0.15) is 45.4 Å². The van der Waals surface area contributed by atoms with Gasteiger partial charge < -0.3 is 10.1 Å². The van der Waals surface area contributed by atoms with E-state index in [1.54, 1.807) is 27.7 Å². The van der Waals surface area contributed by atoms with Crippen molar-refractivity contribution in [3.8, 4) is 0 Å². The maximum atomic E-state index is 13.9. The zero-order valence-electron chi connectivity index (χ0n) is 15.7. The van der Waals surface area contributed by atoms with Gasteiger partial charge in [0.15, 0.2) is 0 Å². The van der Waals surface area contributed by atoms with E-state index in [-0.39, 0.29) is 5.56 Å². The summed E-state index contributed by atoms with van der Waals surface area (Å²) in [4.78, 5) is 24.1. The maximum absolute atomic E-state index is 13.9. The topological polar surface area (TPSA) is 102 Å². The molecule has 0 heterocycles. The largest absolute Gasteiger partial charge is 0.447 e. The van der Waals surface area contributed by atoms with E-state index in [1.807, 2.05) is 4.72 Å². The number of rotatable bonds is 7. The molecule has 7 nitrogen and oxygen atoms in total. The molecule has 0 fully saturated rings. The smallest absolute Gasteiger partial charge is 0.408 e. The van der Waals surface area contributed by atoms with Crippen LogP contribution in [-0.4, -0.2) is 32.6 Å². The first-order valence-corrected chi connectivity index (χ1v) is 9.87. The van der Waals surface area contributed by atoms with Crippen molar-refractivity contribution >= 4 is 22.0 Å². The van der Waals surface area contributed by atoms with Gasteiger partial charge in [-0.2, -0.15) is 0 Å². The normalized spacial score (nSPS) is 14.0. The summed E-state index contributed by atoms with van der Waals surface area (Å²) in [5.74, 6) is -3.32. The molecule has 10 heteroatoms. The van der Waals surface area contributed by atoms with Gasteiger partial charge in [0.1, 0.15) is 22.9 Å². The van der Waals surface area contributed by atoms with Crippen LogP contribution in [-0.2, 0) is 19.6 Å². The molecule has 1 aromatic rings. The zero-order chi connectivity index (χ0) is 20.9. The Kier molecular flexibility index (Phi) is 7.70. The Morgan fingerprint density at radius 2 is 1.67 bits per heavy atom. The van der Waals surface area contributed by atoms with E-state index in [0.29, 0.717) is 6.07 Å². The van der Waals surface area contributed by atoms with Gasteiger partial charge >= 0.3 is 6.09 Å². The lowest BCUT2D eigenvalue weighted by molar-refractivity contribution is -0.122. The summed E-state index contributed by atoms with van der Waals surface area (Å²) in [6.07, 6.45) is -1.29. The minimum Gasteiger partial charge on any atom is -0.447 e. The summed E-state index contributed by atoms with van der Waals surface area (Å²) in [5, 5.41) is 0.846. The highest BCUT2D eigenvalue weighted by Crippen LogP contribution is 2.24. The van der Waals surface area contributed by atoms with E-state index < -0.39 is 57.0 Å². The first kappa shape index (κ1) is 22.8. The number of benzene rings is 1. The highest BCUT2D eigenvalue weighted by molar-refractivity contribution is 7.90. The summed E-state index contributed by atoms with van der Waals surface area (Å²) >= 11 is 0. The number of carbonyl (C=O) groups is 2. The van der Waals surface area contributed by atoms with Crippen LogP contribution in [0.3, 0.4) is 0 Å². The summed E-state index contributed by atoms with van der Waals surface area (Å²) in [6.45, 7) is 7.61. The Morgan fingerprint density at radius 3 is 2.15 bits per heavy atom. The van der Waals surface area contributed by atoms with Crippen molar-refractivity contribution in [1.29, 1.82) is 0 Å². The van der Waals surface area contributed by atoms with Gasteiger partial charge in [0, 0.05) is 11.6 Å². The maximum Gasteiger partial charge on any atom is 0.408 e. The van der Waals surface area contributed by atoms with Crippen molar-refractivity contribution in [2.75, 3.05) is 0 Å². The molecule has 2 N–H and O–H groups in total. The van der Waals surface area contributed by atoms with Crippen LogP contribution >= 0.6 is 0 Å². The molecule has 0 aliphatic heterocycles. The number of hydrogen-bond acceptors (Lipinski definition) is 5. The molecule has 152 valence electrons. The van der Waals surface area contributed by atoms with Crippen molar-refractivity contribution in [2.45, 2.75) is 52.0 Å². The Bertz CT molecular complexity index is 797. The van der Waals surface area contributed by atoms with E-state index in [0.717, 1.165) is 19.1 Å². The second-order valence-electron chi connectivity index (χ2n) is 6.64. The van der Waals surface area contributed by atoms with Crippen molar-refractivity contribution < 1.29 is 31.5 Å². The Hall–Kier alpha value is -2.23. The Balaban J connectivity index is 2.97. The van der Waals surface area contributed by atoms with Crippen LogP contribution in [0.15, 0.2) is 18.2 Å². The van der Waals surface area contributed by atoms with Crippen LogP contribution in [0.25, 0.3) is 0 Å². The molecule has 0 aliphatic carbocycles. The van der Waals surface area contributed by atoms with Crippen LogP contribution in [0.4, 0.5) is 13.6 Å². The van der Waals surface area contributed by atoms with Gasteiger partial charge in [0.2, 0.25) is 10.0 Å². The van der Waals surface area contributed by atoms with Crippen molar-refractivity contribution in [3.63, 3.8) is 0 Å². The quantitative estimate of drug-likeness (QED) is 0.725. The Labute approximate surface area is 157 Å². The predicted octanol–water partition coefficient (Wildman–Crippen LogP) is 2.63. The molecule has 0 radical (unpaired) electrons. The van der Waals surface area contributed by atoms with E-state index in [4.69, 9.17) is 4.74 Å². The molecule has 0 bridgehead atoms. The van der Waals surface area contributed by atoms with Gasteiger partial charge in [0.25, 0.3) is 5.91 Å². The van der Waals surface area contributed by atoms with Crippen molar-refractivity contribution in [3.05, 3.63) is 35.4 Å². The molecule has 0 aliphatic rings. The van der Waals surface area contributed by atoms with E-state index in [1.165, 1.54) is 0 Å². The number of hydrogen-bond donors (Lipinski definition) is 2. The third-order valence-electron chi connectivity index (χ3n) is 3.67. The minimum atomic E-state index is -4.34. The number of carbonyl (C=O) groups excluding carboxylic acids is 2. The molecule has 0 spiro atoms. The lowest BCUT2D eigenvalue weighted by Gasteiger charge is -2.23. The van der Waals surface area contributed by atoms with Crippen molar-refractivity contribution in [2.24, 2.45) is 5.92 Å². The monoisotopic (exact) mass is 406 g/mol. The van der Waals surface area contributed by atoms with Gasteiger partial charge in [-0.1, -0.05) is 19.9 Å². The standard InChI is InChI=1S/C17H24F2N2O5S/c1-9(2)15(20-17(23)26-10(3)4)16(22)21-27(24,25)11(5)13-7-6-12(18)8-14(13)19/h6-11,15H,1-5H3,(H,20,23)(H,21,22)/t11?,15-/m0/s1. The van der Waals surface area contributed by atoms with E-state index in [2.05, 4.69) is 5.32 Å². The molecule has 1 unspecified atom stereocenters. The van der Waals surface area contributed by atoms with Crippen LogP contribution in [0.5, 0.6) is 0 Å². The minimum absolute atomic E-state index is 0.287.